The van der Waals surface area contributed by atoms with Crippen molar-refractivity contribution in [2.75, 3.05) is 50.8 Å². The minimum Gasteiger partial charge on any atom is -0.507 e. The fraction of sp³-hybridized carbons (Fsp3) is 0.393. The summed E-state index contributed by atoms with van der Waals surface area (Å²) in [5.74, 6) is -5.07. The van der Waals surface area contributed by atoms with Crippen LogP contribution in [0.5, 0.6) is 11.8 Å². The Morgan fingerprint density at radius 2 is 2.02 bits per heavy atom. The molecule has 5 rings (SSSR count). The van der Waals surface area contributed by atoms with E-state index < -0.39 is 28.9 Å². The number of aromatic nitrogens is 2. The van der Waals surface area contributed by atoms with Gasteiger partial charge in [-0.05, 0) is 31.2 Å². The summed E-state index contributed by atoms with van der Waals surface area (Å²) in [7, 11) is 0. The van der Waals surface area contributed by atoms with Gasteiger partial charge in [0.15, 0.2) is 5.82 Å². The molecule has 2 fully saturated rings. The fourth-order valence-corrected chi connectivity index (χ4v) is 5.60. The van der Waals surface area contributed by atoms with Crippen molar-refractivity contribution < 1.29 is 32.2 Å². The summed E-state index contributed by atoms with van der Waals surface area (Å²) in [5, 5.41) is 10.4. The summed E-state index contributed by atoms with van der Waals surface area (Å²) < 4.78 is 63.8. The van der Waals surface area contributed by atoms with Crippen LogP contribution in [0, 0.1) is 11.6 Å². The smallest absolute Gasteiger partial charge is 0.319 e. The zero-order chi connectivity index (χ0) is 29.5. The van der Waals surface area contributed by atoms with Gasteiger partial charge in [-0.25, -0.2) is 17.6 Å². The lowest BCUT2D eigenvalue weighted by Crippen LogP contribution is -2.54. The van der Waals surface area contributed by atoms with Gasteiger partial charge in [0.2, 0.25) is 5.91 Å². The standard InChI is InChI=1S/C28H28ClF4N5O3/c1-3-21(40)38-10-9-37(14-16(38)2)26-17-13-18(29)22(23-19(30)5-4-6-20(23)39)24(31)25(17)34-27(35-26)41-12-11-36-8-7-28(32,33)15-36/h3-6,13,16,39H,1,7-12,14-15H2,2H3. The average molecular weight is 594 g/mol. The van der Waals surface area contributed by atoms with Crippen LogP contribution in [0.3, 0.4) is 0 Å². The molecule has 2 saturated heterocycles. The van der Waals surface area contributed by atoms with E-state index in [9.17, 15) is 23.1 Å². The van der Waals surface area contributed by atoms with Crippen molar-refractivity contribution in [2.45, 2.75) is 25.3 Å². The first-order chi connectivity index (χ1) is 19.5. The van der Waals surface area contributed by atoms with Crippen LogP contribution >= 0.6 is 11.6 Å². The van der Waals surface area contributed by atoms with Gasteiger partial charge in [0.05, 0.1) is 17.1 Å². The molecule has 0 saturated carbocycles. The molecule has 3 heterocycles. The Labute approximate surface area is 238 Å². The number of amides is 1. The number of carbonyl (C=O) groups is 1. The van der Waals surface area contributed by atoms with E-state index in [0.717, 1.165) is 6.07 Å². The zero-order valence-electron chi connectivity index (χ0n) is 22.2. The van der Waals surface area contributed by atoms with E-state index in [0.29, 0.717) is 19.6 Å². The lowest BCUT2D eigenvalue weighted by molar-refractivity contribution is -0.128. The number of anilines is 1. The first-order valence-electron chi connectivity index (χ1n) is 13.1. The first-order valence-corrected chi connectivity index (χ1v) is 13.5. The lowest BCUT2D eigenvalue weighted by Gasteiger charge is -2.40. The van der Waals surface area contributed by atoms with Crippen LogP contribution in [0.1, 0.15) is 13.3 Å². The number of piperazine rings is 1. The highest BCUT2D eigenvalue weighted by atomic mass is 35.5. The van der Waals surface area contributed by atoms with E-state index in [2.05, 4.69) is 16.5 Å². The Morgan fingerprint density at radius 1 is 1.24 bits per heavy atom. The monoisotopic (exact) mass is 593 g/mol. The maximum absolute atomic E-state index is 16.2. The molecular formula is C28H28ClF4N5O3. The largest absolute Gasteiger partial charge is 0.507 e. The molecule has 0 spiro atoms. The molecule has 41 heavy (non-hydrogen) atoms. The van der Waals surface area contributed by atoms with Crippen LogP contribution in [-0.4, -0.2) is 88.6 Å². The minimum absolute atomic E-state index is 0.0325. The highest BCUT2D eigenvalue weighted by Gasteiger charge is 2.38. The quantitative estimate of drug-likeness (QED) is 0.309. The number of aromatic hydroxyl groups is 1. The van der Waals surface area contributed by atoms with Gasteiger partial charge in [-0.2, -0.15) is 9.97 Å². The summed E-state index contributed by atoms with van der Waals surface area (Å²) in [6, 6.07) is 4.52. The van der Waals surface area contributed by atoms with E-state index in [1.807, 2.05) is 11.8 Å². The molecule has 1 atom stereocenters. The maximum atomic E-state index is 16.2. The van der Waals surface area contributed by atoms with Crippen molar-refractivity contribution in [2.24, 2.45) is 0 Å². The second kappa shape index (κ2) is 11.3. The summed E-state index contributed by atoms with van der Waals surface area (Å²) in [6.45, 7) is 6.40. The summed E-state index contributed by atoms with van der Waals surface area (Å²) >= 11 is 6.48. The Morgan fingerprint density at radius 3 is 2.68 bits per heavy atom. The van der Waals surface area contributed by atoms with Gasteiger partial charge in [-0.15, -0.1) is 0 Å². The van der Waals surface area contributed by atoms with Gasteiger partial charge in [-0.3, -0.25) is 9.69 Å². The number of carbonyl (C=O) groups excluding carboxylic acids is 1. The molecule has 1 N–H and O–H groups in total. The van der Waals surface area contributed by atoms with Crippen LogP contribution < -0.4 is 9.64 Å². The molecule has 0 radical (unpaired) electrons. The number of nitrogens with zero attached hydrogens (tertiary/aromatic N) is 5. The number of phenolic OH excluding ortho intramolecular Hbond substituents is 1. The van der Waals surface area contributed by atoms with E-state index in [4.69, 9.17) is 16.3 Å². The number of rotatable bonds is 7. The van der Waals surface area contributed by atoms with Crippen LogP contribution in [0.15, 0.2) is 36.9 Å². The number of halogens is 5. The van der Waals surface area contributed by atoms with Crippen molar-refractivity contribution in [1.82, 2.24) is 19.8 Å². The van der Waals surface area contributed by atoms with Gasteiger partial charge in [0.25, 0.3) is 5.92 Å². The molecule has 3 aromatic rings. The third kappa shape index (κ3) is 5.76. The van der Waals surface area contributed by atoms with E-state index in [-0.39, 0.29) is 77.9 Å². The van der Waals surface area contributed by atoms with Gasteiger partial charge < -0.3 is 19.6 Å². The molecule has 1 aromatic heterocycles. The Kier molecular flexibility index (Phi) is 7.97. The highest BCUT2D eigenvalue weighted by molar-refractivity contribution is 6.34. The fourth-order valence-electron chi connectivity index (χ4n) is 5.31. The van der Waals surface area contributed by atoms with Gasteiger partial charge in [-0.1, -0.05) is 24.2 Å². The molecule has 1 amide bonds. The molecule has 218 valence electrons. The summed E-state index contributed by atoms with van der Waals surface area (Å²) in [5.41, 5.74) is -1.02. The molecule has 2 aromatic carbocycles. The molecule has 0 bridgehead atoms. The number of hydrogen-bond acceptors (Lipinski definition) is 7. The lowest BCUT2D eigenvalue weighted by atomic mass is 10.0. The van der Waals surface area contributed by atoms with Crippen LogP contribution in [-0.2, 0) is 4.79 Å². The SMILES string of the molecule is C=CC(=O)N1CCN(c2nc(OCCN3CCC(F)(F)C3)nc3c(F)c(-c4c(O)cccc4F)c(Cl)cc23)CC1C. The van der Waals surface area contributed by atoms with Crippen LogP contribution in [0.2, 0.25) is 5.02 Å². The maximum Gasteiger partial charge on any atom is 0.319 e. The normalized spacial score (nSPS) is 19.1. The third-order valence-electron chi connectivity index (χ3n) is 7.36. The van der Waals surface area contributed by atoms with Gasteiger partial charge in [0.1, 0.15) is 29.5 Å². The zero-order valence-corrected chi connectivity index (χ0v) is 23.0. The van der Waals surface area contributed by atoms with Crippen molar-refractivity contribution in [1.29, 1.82) is 0 Å². The average Bonchev–Trinajstić information content (AvgIpc) is 3.28. The summed E-state index contributed by atoms with van der Waals surface area (Å²) in [4.78, 5) is 26.1. The van der Waals surface area contributed by atoms with Crippen molar-refractivity contribution in [3.63, 3.8) is 0 Å². The van der Waals surface area contributed by atoms with Gasteiger partial charge >= 0.3 is 6.01 Å². The molecule has 1 unspecified atom stereocenters. The van der Waals surface area contributed by atoms with E-state index in [1.54, 1.807) is 9.80 Å². The number of benzene rings is 2. The molecule has 2 aliphatic heterocycles. The van der Waals surface area contributed by atoms with Crippen LogP contribution in [0.4, 0.5) is 23.4 Å². The molecule has 2 aliphatic rings. The van der Waals surface area contributed by atoms with Crippen LogP contribution in [0.25, 0.3) is 22.0 Å². The second-order valence-corrected chi connectivity index (χ2v) is 10.6. The number of ether oxygens (including phenoxy) is 1. The van der Waals surface area contributed by atoms with Crippen molar-refractivity contribution in [3.05, 3.63) is 53.6 Å². The Hall–Kier alpha value is -3.64. The highest BCUT2D eigenvalue weighted by Crippen LogP contribution is 2.43. The number of likely N-dealkylation sites (tertiary alicyclic amines) is 1. The predicted molar refractivity (Wildman–Crippen MR) is 147 cm³/mol. The van der Waals surface area contributed by atoms with E-state index >= 15 is 4.39 Å². The minimum atomic E-state index is -2.75. The third-order valence-corrected chi connectivity index (χ3v) is 7.65. The number of phenols is 1. The number of hydrogen-bond donors (Lipinski definition) is 1. The molecule has 8 nitrogen and oxygen atoms in total. The predicted octanol–water partition coefficient (Wildman–Crippen LogP) is 4.88. The Bertz CT molecular complexity index is 1490. The summed E-state index contributed by atoms with van der Waals surface area (Å²) in [6.07, 6.45) is 1.00. The number of fused-ring (bicyclic) bond motifs is 1. The second-order valence-electron chi connectivity index (χ2n) is 10.2. The molecule has 0 aliphatic carbocycles. The van der Waals surface area contributed by atoms with Crippen molar-refractivity contribution in [3.8, 4) is 22.9 Å². The van der Waals surface area contributed by atoms with Crippen molar-refractivity contribution >= 4 is 34.2 Å². The molecule has 13 heteroatoms. The van der Waals surface area contributed by atoms with Gasteiger partial charge in [0, 0.05) is 56.1 Å². The van der Waals surface area contributed by atoms with E-state index in [1.165, 1.54) is 24.3 Å². The first kappa shape index (κ1) is 28.9. The number of alkyl halides is 2. The Balaban J connectivity index is 1.55. The topological polar surface area (TPSA) is 82.0 Å². The molecular weight excluding hydrogens is 566 g/mol.